The highest BCUT2D eigenvalue weighted by molar-refractivity contribution is 8.15. The lowest BCUT2D eigenvalue weighted by atomic mass is 10.0. The third-order valence-electron chi connectivity index (χ3n) is 4.77. The van der Waals surface area contributed by atoms with Crippen molar-refractivity contribution in [3.05, 3.63) is 65.2 Å². The summed E-state index contributed by atoms with van der Waals surface area (Å²) in [7, 11) is 0. The van der Waals surface area contributed by atoms with Gasteiger partial charge in [-0.05, 0) is 48.9 Å². The number of rotatable bonds is 10. The molecule has 0 unspecified atom stereocenters. The Kier molecular flexibility index (Phi) is 8.51. The molecule has 30 heavy (non-hydrogen) atoms. The molecular formula is C24H29N3O2S. The van der Waals surface area contributed by atoms with Crippen molar-refractivity contribution in [3.63, 3.8) is 0 Å². The van der Waals surface area contributed by atoms with Gasteiger partial charge in [0.05, 0.1) is 18.1 Å². The third-order valence-corrected chi connectivity index (χ3v) is 5.84. The minimum absolute atomic E-state index is 0.0179. The Morgan fingerprint density at radius 1 is 1.07 bits per heavy atom. The number of nitrogens with one attached hydrogen (secondary N) is 1. The minimum atomic E-state index is -0.180. The van der Waals surface area contributed by atoms with Gasteiger partial charge in [0.2, 0.25) is 5.91 Å². The summed E-state index contributed by atoms with van der Waals surface area (Å²) < 4.78 is 5.72. The van der Waals surface area contributed by atoms with E-state index in [1.54, 1.807) is 6.21 Å². The van der Waals surface area contributed by atoms with Crippen LogP contribution in [0.1, 0.15) is 49.8 Å². The fraction of sp³-hybridized carbons (Fsp3) is 0.375. The number of unbranched alkanes of at least 4 members (excludes halogenated alkanes) is 1. The molecule has 2 aromatic rings. The van der Waals surface area contributed by atoms with E-state index in [1.807, 2.05) is 24.3 Å². The first-order valence-corrected chi connectivity index (χ1v) is 11.5. The Balaban J connectivity index is 1.57. The van der Waals surface area contributed by atoms with E-state index in [0.29, 0.717) is 18.2 Å². The van der Waals surface area contributed by atoms with Crippen molar-refractivity contribution in [1.82, 2.24) is 5.32 Å². The smallest absolute Gasteiger partial charge is 0.239 e. The maximum absolute atomic E-state index is 12.3. The predicted molar refractivity (Wildman–Crippen MR) is 126 cm³/mol. The molecule has 0 aromatic heterocycles. The molecule has 0 radical (unpaired) electrons. The van der Waals surface area contributed by atoms with Crippen LogP contribution in [0.2, 0.25) is 0 Å². The van der Waals surface area contributed by atoms with Crippen LogP contribution in [0.4, 0.5) is 0 Å². The van der Waals surface area contributed by atoms with Crippen molar-refractivity contribution in [2.45, 2.75) is 51.2 Å². The molecule has 1 fully saturated rings. The molecule has 5 nitrogen and oxygen atoms in total. The fourth-order valence-electron chi connectivity index (χ4n) is 3.10. The number of nitrogens with zero attached hydrogens (tertiary/aromatic N) is 2. The summed E-state index contributed by atoms with van der Waals surface area (Å²) in [5.74, 6) is 0.766. The first-order chi connectivity index (χ1) is 14.7. The quantitative estimate of drug-likeness (QED) is 0.433. The maximum Gasteiger partial charge on any atom is 0.239 e. The van der Waals surface area contributed by atoms with E-state index < -0.39 is 0 Å². The molecule has 3 rings (SSSR count). The molecule has 158 valence electrons. The third kappa shape index (κ3) is 6.46. The van der Waals surface area contributed by atoms with Gasteiger partial charge in [0.25, 0.3) is 0 Å². The molecule has 1 aliphatic heterocycles. The lowest BCUT2D eigenvalue weighted by Gasteiger charge is -2.07. The average molecular weight is 424 g/mol. The summed E-state index contributed by atoms with van der Waals surface area (Å²) in [4.78, 5) is 12.3. The molecule has 0 bridgehead atoms. The second-order valence-electron chi connectivity index (χ2n) is 7.26. The van der Waals surface area contributed by atoms with E-state index in [1.165, 1.54) is 30.2 Å². The van der Waals surface area contributed by atoms with Crippen LogP contribution in [0.25, 0.3) is 0 Å². The second-order valence-corrected chi connectivity index (χ2v) is 8.45. The predicted octanol–water partition coefficient (Wildman–Crippen LogP) is 4.98. The summed E-state index contributed by atoms with van der Waals surface area (Å²) in [6.07, 6.45) is 6.79. The van der Waals surface area contributed by atoms with E-state index >= 15 is 0 Å². The van der Waals surface area contributed by atoms with Crippen LogP contribution in [0.5, 0.6) is 5.75 Å². The fourth-order valence-corrected chi connectivity index (χ4v) is 4.06. The molecule has 0 spiro atoms. The number of thioether (sulfide) groups is 1. The molecule has 0 aliphatic carbocycles. The average Bonchev–Trinajstić information content (AvgIpc) is 3.11. The van der Waals surface area contributed by atoms with E-state index in [9.17, 15) is 4.79 Å². The zero-order valence-electron chi connectivity index (χ0n) is 17.6. The van der Waals surface area contributed by atoms with Gasteiger partial charge in [-0.2, -0.15) is 5.10 Å². The Morgan fingerprint density at radius 2 is 1.83 bits per heavy atom. The maximum atomic E-state index is 12.3. The van der Waals surface area contributed by atoms with Crippen LogP contribution in [-0.2, 0) is 17.6 Å². The van der Waals surface area contributed by atoms with Crippen molar-refractivity contribution in [2.24, 2.45) is 10.2 Å². The SMILES string of the molecule is CCCCc1ccc(C[C@H]2S/C(=N\N=C/c3ccccc3OCCC)NC2=O)cc1. The van der Waals surface area contributed by atoms with Crippen molar-refractivity contribution >= 4 is 29.1 Å². The van der Waals surface area contributed by atoms with E-state index in [0.717, 1.165) is 29.7 Å². The Labute approximate surface area is 183 Å². The van der Waals surface area contributed by atoms with Crippen LogP contribution < -0.4 is 10.1 Å². The molecule has 1 saturated heterocycles. The van der Waals surface area contributed by atoms with Crippen molar-refractivity contribution in [2.75, 3.05) is 6.61 Å². The van der Waals surface area contributed by atoms with Gasteiger partial charge >= 0.3 is 0 Å². The molecule has 6 heteroatoms. The van der Waals surface area contributed by atoms with Crippen molar-refractivity contribution < 1.29 is 9.53 Å². The molecule has 0 saturated carbocycles. The van der Waals surface area contributed by atoms with Gasteiger partial charge in [-0.25, -0.2) is 0 Å². The number of ether oxygens (including phenoxy) is 1. The van der Waals surface area contributed by atoms with Gasteiger partial charge in [0.1, 0.15) is 5.75 Å². The summed E-state index contributed by atoms with van der Waals surface area (Å²) in [5.41, 5.74) is 3.38. The van der Waals surface area contributed by atoms with Gasteiger partial charge in [0.15, 0.2) is 5.17 Å². The minimum Gasteiger partial charge on any atom is -0.493 e. The number of para-hydroxylation sites is 1. The van der Waals surface area contributed by atoms with Gasteiger partial charge in [-0.3, -0.25) is 4.79 Å². The highest BCUT2D eigenvalue weighted by Gasteiger charge is 2.30. The zero-order chi connectivity index (χ0) is 21.2. The monoisotopic (exact) mass is 423 g/mol. The molecule has 2 aromatic carbocycles. The lowest BCUT2D eigenvalue weighted by Crippen LogP contribution is -2.25. The number of amidine groups is 1. The highest BCUT2D eigenvalue weighted by atomic mass is 32.2. The van der Waals surface area contributed by atoms with Crippen molar-refractivity contribution in [1.29, 1.82) is 0 Å². The van der Waals surface area contributed by atoms with E-state index in [4.69, 9.17) is 4.74 Å². The largest absolute Gasteiger partial charge is 0.493 e. The molecule has 1 aliphatic rings. The number of hydrogen-bond donors (Lipinski definition) is 1. The Bertz CT molecular complexity index is 894. The number of benzene rings is 2. The van der Waals surface area contributed by atoms with Crippen LogP contribution in [0, 0.1) is 0 Å². The van der Waals surface area contributed by atoms with Gasteiger partial charge in [-0.1, -0.05) is 68.4 Å². The number of carbonyl (C=O) groups is 1. The number of carbonyl (C=O) groups excluding carboxylic acids is 1. The van der Waals surface area contributed by atoms with Crippen LogP contribution in [0.3, 0.4) is 0 Å². The molecule has 1 atom stereocenters. The summed E-state index contributed by atoms with van der Waals surface area (Å²) in [5, 5.41) is 11.5. The van der Waals surface area contributed by atoms with E-state index in [-0.39, 0.29) is 11.2 Å². The Hall–Kier alpha value is -2.60. The molecule has 1 amide bonds. The zero-order valence-corrected chi connectivity index (χ0v) is 18.5. The lowest BCUT2D eigenvalue weighted by molar-refractivity contribution is -0.118. The first kappa shape index (κ1) is 22.1. The standard InChI is InChI=1S/C24H29N3O2S/c1-3-5-8-18-11-13-19(14-12-18)16-22-23(28)26-24(30-22)27-25-17-20-9-6-7-10-21(20)29-15-4-2/h6-7,9-14,17,22H,3-5,8,15-16H2,1-2H3,(H,26,27,28)/b25-17-/t22-/m1/s1. The topological polar surface area (TPSA) is 63.1 Å². The van der Waals surface area contributed by atoms with Gasteiger partial charge < -0.3 is 10.1 Å². The summed E-state index contributed by atoms with van der Waals surface area (Å²) in [6, 6.07) is 16.3. The number of aryl methyl sites for hydroxylation is 1. The van der Waals surface area contributed by atoms with Gasteiger partial charge in [-0.15, -0.1) is 5.10 Å². The van der Waals surface area contributed by atoms with Crippen LogP contribution in [-0.4, -0.2) is 29.1 Å². The van der Waals surface area contributed by atoms with E-state index in [2.05, 4.69) is 53.6 Å². The highest BCUT2D eigenvalue weighted by Crippen LogP contribution is 2.24. The normalized spacial score (nSPS) is 17.6. The van der Waals surface area contributed by atoms with Gasteiger partial charge in [0, 0.05) is 5.56 Å². The number of hydrogen-bond acceptors (Lipinski definition) is 5. The van der Waals surface area contributed by atoms with Crippen LogP contribution in [0.15, 0.2) is 58.7 Å². The summed E-state index contributed by atoms with van der Waals surface area (Å²) >= 11 is 1.43. The van der Waals surface area contributed by atoms with Crippen molar-refractivity contribution in [3.8, 4) is 5.75 Å². The molecule has 1 heterocycles. The second kappa shape index (κ2) is 11.6. The summed E-state index contributed by atoms with van der Waals surface area (Å²) in [6.45, 7) is 4.93. The molecule has 1 N–H and O–H groups in total. The first-order valence-electron chi connectivity index (χ1n) is 10.6. The number of amides is 1. The molecular weight excluding hydrogens is 394 g/mol. The Morgan fingerprint density at radius 3 is 2.60 bits per heavy atom. The van der Waals surface area contributed by atoms with Crippen LogP contribution >= 0.6 is 11.8 Å².